The van der Waals surface area contributed by atoms with Crippen molar-refractivity contribution in [2.24, 2.45) is 0 Å². The van der Waals surface area contributed by atoms with Gasteiger partial charge in [-0.25, -0.2) is 0 Å². The smallest absolute Gasteiger partial charge is 0.139 e. The van der Waals surface area contributed by atoms with Crippen LogP contribution >= 0.6 is 11.6 Å². The number of aldehydes is 1. The fourth-order valence-corrected chi connectivity index (χ4v) is 2.33. The molecule has 2 rings (SSSR count). The second kappa shape index (κ2) is 6.07. The van der Waals surface area contributed by atoms with Gasteiger partial charge in [0.25, 0.3) is 0 Å². The van der Waals surface area contributed by atoms with Crippen LogP contribution in [0.1, 0.15) is 0 Å². The van der Waals surface area contributed by atoms with Gasteiger partial charge in [0.1, 0.15) is 12.0 Å². The van der Waals surface area contributed by atoms with Gasteiger partial charge in [0.05, 0.1) is 18.7 Å². The van der Waals surface area contributed by atoms with E-state index < -0.39 is 0 Å². The first-order valence-electron chi connectivity index (χ1n) is 5.99. The summed E-state index contributed by atoms with van der Waals surface area (Å²) in [6, 6.07) is 5.81. The van der Waals surface area contributed by atoms with Crippen molar-refractivity contribution in [3.05, 3.63) is 23.2 Å². The standard InChI is InChI=1S/C13H17ClN2O2/c1-18-13-10-11(2-3-12(13)14)16-6-4-15(5-7-16)8-9-17/h2-3,9-10H,4-8H2,1H3. The summed E-state index contributed by atoms with van der Waals surface area (Å²) in [7, 11) is 1.62. The third-order valence-electron chi connectivity index (χ3n) is 3.20. The van der Waals surface area contributed by atoms with Gasteiger partial charge >= 0.3 is 0 Å². The summed E-state index contributed by atoms with van der Waals surface area (Å²) in [6.45, 7) is 4.17. The molecule has 0 aliphatic carbocycles. The fraction of sp³-hybridized carbons (Fsp3) is 0.462. The Hall–Kier alpha value is -1.26. The molecule has 4 nitrogen and oxygen atoms in total. The SMILES string of the molecule is COc1cc(N2CCN(CC=O)CC2)ccc1Cl. The Kier molecular flexibility index (Phi) is 4.44. The Balaban J connectivity index is 2.03. The maximum Gasteiger partial charge on any atom is 0.139 e. The predicted octanol–water partition coefficient (Wildman–Crippen LogP) is 1.67. The molecular weight excluding hydrogens is 252 g/mol. The third-order valence-corrected chi connectivity index (χ3v) is 3.52. The van der Waals surface area contributed by atoms with E-state index in [9.17, 15) is 4.79 Å². The molecule has 0 atom stereocenters. The average Bonchev–Trinajstić information content (AvgIpc) is 2.41. The molecule has 0 saturated carbocycles. The van der Waals surface area contributed by atoms with Crippen molar-refractivity contribution in [1.82, 2.24) is 4.90 Å². The number of carbonyl (C=O) groups excluding carboxylic acids is 1. The van der Waals surface area contributed by atoms with Crippen LogP contribution < -0.4 is 9.64 Å². The summed E-state index contributed by atoms with van der Waals surface area (Å²) in [5.74, 6) is 0.699. The number of carbonyl (C=O) groups is 1. The van der Waals surface area contributed by atoms with Gasteiger partial charge in [-0.15, -0.1) is 0 Å². The van der Waals surface area contributed by atoms with Gasteiger partial charge in [0.15, 0.2) is 0 Å². The van der Waals surface area contributed by atoms with E-state index in [1.165, 1.54) is 0 Å². The number of hydrogen-bond donors (Lipinski definition) is 0. The molecule has 18 heavy (non-hydrogen) atoms. The molecule has 1 saturated heterocycles. The lowest BCUT2D eigenvalue weighted by Crippen LogP contribution is -2.46. The lowest BCUT2D eigenvalue weighted by molar-refractivity contribution is -0.108. The Morgan fingerprint density at radius 3 is 2.67 bits per heavy atom. The van der Waals surface area contributed by atoms with Crippen LogP contribution in [0, 0.1) is 0 Å². The number of nitrogens with zero attached hydrogens (tertiary/aromatic N) is 2. The molecule has 0 amide bonds. The van der Waals surface area contributed by atoms with Crippen LogP contribution in [-0.2, 0) is 4.79 Å². The zero-order valence-corrected chi connectivity index (χ0v) is 11.2. The van der Waals surface area contributed by atoms with Crippen molar-refractivity contribution in [1.29, 1.82) is 0 Å². The topological polar surface area (TPSA) is 32.8 Å². The molecule has 1 heterocycles. The van der Waals surface area contributed by atoms with Crippen LogP contribution in [0.3, 0.4) is 0 Å². The fourth-order valence-electron chi connectivity index (χ4n) is 2.14. The number of piperazine rings is 1. The van der Waals surface area contributed by atoms with Gasteiger partial charge in [-0.1, -0.05) is 11.6 Å². The van der Waals surface area contributed by atoms with Gasteiger partial charge in [-0.3, -0.25) is 4.90 Å². The van der Waals surface area contributed by atoms with E-state index in [1.807, 2.05) is 18.2 Å². The highest BCUT2D eigenvalue weighted by molar-refractivity contribution is 6.32. The first-order chi connectivity index (χ1) is 8.74. The van der Waals surface area contributed by atoms with Crippen LogP contribution in [-0.4, -0.2) is 51.0 Å². The summed E-state index contributed by atoms with van der Waals surface area (Å²) in [6.07, 6.45) is 0.959. The van der Waals surface area contributed by atoms with Gasteiger partial charge in [0.2, 0.25) is 0 Å². The average molecular weight is 269 g/mol. The molecule has 1 aromatic rings. The molecule has 0 N–H and O–H groups in total. The highest BCUT2D eigenvalue weighted by Crippen LogP contribution is 2.29. The van der Waals surface area contributed by atoms with E-state index in [-0.39, 0.29) is 0 Å². The monoisotopic (exact) mass is 268 g/mol. The highest BCUT2D eigenvalue weighted by atomic mass is 35.5. The molecule has 0 radical (unpaired) electrons. The van der Waals surface area contributed by atoms with Crippen molar-refractivity contribution in [3.63, 3.8) is 0 Å². The van der Waals surface area contributed by atoms with Crippen LogP contribution in [0.2, 0.25) is 5.02 Å². The molecule has 0 unspecified atom stereocenters. The minimum absolute atomic E-state index is 0.526. The number of anilines is 1. The number of ether oxygens (including phenoxy) is 1. The number of methoxy groups -OCH3 is 1. The van der Waals surface area contributed by atoms with Crippen molar-refractivity contribution in [3.8, 4) is 5.75 Å². The molecule has 0 bridgehead atoms. The molecule has 0 aromatic heterocycles. The molecule has 1 aliphatic heterocycles. The van der Waals surface area contributed by atoms with Crippen molar-refractivity contribution < 1.29 is 9.53 Å². The molecule has 98 valence electrons. The molecule has 0 spiro atoms. The van der Waals surface area contributed by atoms with Crippen LogP contribution in [0.15, 0.2) is 18.2 Å². The lowest BCUT2D eigenvalue weighted by Gasteiger charge is -2.35. The third kappa shape index (κ3) is 2.94. The van der Waals surface area contributed by atoms with Crippen molar-refractivity contribution >= 4 is 23.6 Å². The van der Waals surface area contributed by atoms with E-state index >= 15 is 0 Å². The Morgan fingerprint density at radius 2 is 2.06 bits per heavy atom. The van der Waals surface area contributed by atoms with Crippen LogP contribution in [0.5, 0.6) is 5.75 Å². The van der Waals surface area contributed by atoms with Gasteiger partial charge < -0.3 is 14.4 Å². The van der Waals surface area contributed by atoms with Crippen LogP contribution in [0.25, 0.3) is 0 Å². The molecule has 1 aliphatic rings. The van der Waals surface area contributed by atoms with Gasteiger partial charge in [-0.05, 0) is 12.1 Å². The van der Waals surface area contributed by atoms with Gasteiger partial charge in [0, 0.05) is 37.9 Å². The Bertz CT molecular complexity index is 417. The number of halogens is 1. The normalized spacial score (nSPS) is 16.7. The summed E-state index contributed by atoms with van der Waals surface area (Å²) < 4.78 is 5.22. The zero-order chi connectivity index (χ0) is 13.0. The van der Waals surface area contributed by atoms with E-state index in [0.717, 1.165) is 38.2 Å². The van der Waals surface area contributed by atoms with E-state index in [2.05, 4.69) is 9.80 Å². The Morgan fingerprint density at radius 1 is 1.33 bits per heavy atom. The Labute approximate surface area is 112 Å². The minimum Gasteiger partial charge on any atom is -0.495 e. The first-order valence-corrected chi connectivity index (χ1v) is 6.37. The maximum atomic E-state index is 10.5. The summed E-state index contributed by atoms with van der Waals surface area (Å²) in [5.41, 5.74) is 1.11. The van der Waals surface area contributed by atoms with Crippen LogP contribution in [0.4, 0.5) is 5.69 Å². The molecular formula is C13H17ClN2O2. The number of rotatable bonds is 4. The minimum atomic E-state index is 0.526. The molecule has 1 fully saturated rings. The van der Waals surface area contributed by atoms with Crippen molar-refractivity contribution in [2.45, 2.75) is 0 Å². The zero-order valence-electron chi connectivity index (χ0n) is 10.4. The summed E-state index contributed by atoms with van der Waals surface area (Å²) in [4.78, 5) is 14.9. The quantitative estimate of drug-likeness (QED) is 0.778. The highest BCUT2D eigenvalue weighted by Gasteiger charge is 2.17. The number of benzene rings is 1. The second-order valence-electron chi connectivity index (χ2n) is 4.27. The van der Waals surface area contributed by atoms with E-state index in [4.69, 9.17) is 16.3 Å². The van der Waals surface area contributed by atoms with E-state index in [0.29, 0.717) is 17.3 Å². The summed E-state index contributed by atoms with van der Waals surface area (Å²) >= 11 is 6.01. The predicted molar refractivity (Wildman–Crippen MR) is 72.7 cm³/mol. The molecule has 5 heteroatoms. The first kappa shape index (κ1) is 13.2. The summed E-state index contributed by atoms with van der Waals surface area (Å²) in [5, 5.41) is 0.626. The maximum absolute atomic E-state index is 10.5. The lowest BCUT2D eigenvalue weighted by atomic mass is 10.2. The van der Waals surface area contributed by atoms with Gasteiger partial charge in [-0.2, -0.15) is 0 Å². The second-order valence-corrected chi connectivity index (χ2v) is 4.68. The van der Waals surface area contributed by atoms with E-state index in [1.54, 1.807) is 7.11 Å². The molecule has 1 aromatic carbocycles. The number of hydrogen-bond acceptors (Lipinski definition) is 4. The van der Waals surface area contributed by atoms with Crippen molar-refractivity contribution in [2.75, 3.05) is 44.7 Å². The largest absolute Gasteiger partial charge is 0.495 e.